The molecule has 0 saturated heterocycles. The van der Waals surface area contributed by atoms with Gasteiger partial charge in [0.15, 0.2) is 0 Å². The SMILES string of the molecule is CCCCCCCCCCCCCCCCc1cccc(C(=O)O)c1C(=O)O.[NaH]. The molecule has 1 aromatic rings. The van der Waals surface area contributed by atoms with E-state index in [0.717, 1.165) is 19.3 Å². The summed E-state index contributed by atoms with van der Waals surface area (Å²) >= 11 is 0. The zero-order valence-electron chi connectivity index (χ0n) is 17.5. The Balaban J connectivity index is 0.00000784. The van der Waals surface area contributed by atoms with Crippen LogP contribution in [0, 0.1) is 0 Å². The predicted octanol–water partition coefficient (Wildman–Crippen LogP) is 6.46. The van der Waals surface area contributed by atoms with Crippen LogP contribution in [0.25, 0.3) is 0 Å². The summed E-state index contributed by atoms with van der Waals surface area (Å²) < 4.78 is 0. The topological polar surface area (TPSA) is 74.6 Å². The van der Waals surface area contributed by atoms with E-state index in [0.29, 0.717) is 12.0 Å². The van der Waals surface area contributed by atoms with Crippen molar-refractivity contribution in [1.29, 1.82) is 0 Å². The van der Waals surface area contributed by atoms with Crippen molar-refractivity contribution in [2.45, 2.75) is 103 Å². The molecule has 1 aromatic carbocycles. The average molecular weight is 415 g/mol. The first kappa shape index (κ1) is 28.2. The van der Waals surface area contributed by atoms with Gasteiger partial charge in [-0.25, -0.2) is 9.59 Å². The van der Waals surface area contributed by atoms with Gasteiger partial charge in [-0.1, -0.05) is 103 Å². The number of hydrogen-bond acceptors (Lipinski definition) is 2. The van der Waals surface area contributed by atoms with Gasteiger partial charge in [0.2, 0.25) is 0 Å². The Morgan fingerprint density at radius 3 is 1.55 bits per heavy atom. The summed E-state index contributed by atoms with van der Waals surface area (Å²) in [6, 6.07) is 4.73. The van der Waals surface area contributed by atoms with E-state index in [1.165, 1.54) is 76.7 Å². The second-order valence-corrected chi connectivity index (χ2v) is 7.80. The number of hydrogen-bond donors (Lipinski definition) is 2. The van der Waals surface area contributed by atoms with Crippen molar-refractivity contribution in [3.63, 3.8) is 0 Å². The number of carbonyl (C=O) groups is 2. The van der Waals surface area contributed by atoms with Crippen LogP contribution in [-0.4, -0.2) is 51.7 Å². The molecule has 160 valence electrons. The Kier molecular flexibility index (Phi) is 17.5. The van der Waals surface area contributed by atoms with Gasteiger partial charge in [-0.05, 0) is 24.5 Å². The van der Waals surface area contributed by atoms with E-state index < -0.39 is 11.9 Å². The van der Waals surface area contributed by atoms with E-state index in [9.17, 15) is 19.8 Å². The van der Waals surface area contributed by atoms with Crippen LogP contribution in [0.4, 0.5) is 0 Å². The molecule has 0 aliphatic rings. The molecule has 0 amide bonds. The number of benzene rings is 1. The fourth-order valence-electron chi connectivity index (χ4n) is 3.75. The molecular weight excluding hydrogens is 375 g/mol. The van der Waals surface area contributed by atoms with Crippen LogP contribution in [0.5, 0.6) is 0 Å². The molecule has 29 heavy (non-hydrogen) atoms. The minimum absolute atomic E-state index is 0. The normalized spacial score (nSPS) is 10.5. The molecule has 0 spiro atoms. The summed E-state index contributed by atoms with van der Waals surface area (Å²) in [6.45, 7) is 2.25. The summed E-state index contributed by atoms with van der Waals surface area (Å²) in [5, 5.41) is 18.5. The Hall–Kier alpha value is -0.840. The van der Waals surface area contributed by atoms with Crippen molar-refractivity contribution in [1.82, 2.24) is 0 Å². The molecule has 0 heterocycles. The van der Waals surface area contributed by atoms with Crippen LogP contribution in [0.2, 0.25) is 0 Å². The molecule has 4 nitrogen and oxygen atoms in total. The minimum atomic E-state index is -1.18. The van der Waals surface area contributed by atoms with Crippen LogP contribution in [0.1, 0.15) is 123 Å². The number of aromatic carboxylic acids is 2. The predicted molar refractivity (Wildman–Crippen MR) is 122 cm³/mol. The Morgan fingerprint density at radius 2 is 1.14 bits per heavy atom. The third kappa shape index (κ3) is 12.5. The molecule has 5 heteroatoms. The monoisotopic (exact) mass is 414 g/mol. The van der Waals surface area contributed by atoms with Crippen molar-refractivity contribution < 1.29 is 19.8 Å². The molecule has 0 aliphatic carbocycles. The van der Waals surface area contributed by atoms with Crippen LogP contribution >= 0.6 is 0 Å². The first-order chi connectivity index (χ1) is 13.6. The molecule has 0 radical (unpaired) electrons. The third-order valence-corrected chi connectivity index (χ3v) is 5.39. The molecule has 0 aliphatic heterocycles. The molecule has 0 fully saturated rings. The van der Waals surface area contributed by atoms with E-state index in [-0.39, 0.29) is 40.7 Å². The fourth-order valence-corrected chi connectivity index (χ4v) is 3.75. The zero-order valence-corrected chi connectivity index (χ0v) is 17.5. The van der Waals surface area contributed by atoms with Crippen molar-refractivity contribution in [2.75, 3.05) is 0 Å². The second kappa shape index (κ2) is 18.0. The van der Waals surface area contributed by atoms with Gasteiger partial charge >= 0.3 is 41.5 Å². The van der Waals surface area contributed by atoms with Crippen LogP contribution < -0.4 is 0 Å². The van der Waals surface area contributed by atoms with Crippen molar-refractivity contribution >= 4 is 41.5 Å². The molecule has 0 saturated carbocycles. The van der Waals surface area contributed by atoms with Gasteiger partial charge in [0.05, 0.1) is 11.1 Å². The summed E-state index contributed by atoms with van der Waals surface area (Å²) in [5.74, 6) is -2.33. The number of carboxylic acids is 2. The summed E-state index contributed by atoms with van der Waals surface area (Å²) in [7, 11) is 0. The molecule has 0 bridgehead atoms. The Morgan fingerprint density at radius 1 is 0.690 bits per heavy atom. The maximum atomic E-state index is 11.4. The standard InChI is InChI=1S/C24H38O4.Na.H/c1-2-3-4-5-6-7-8-9-10-11-12-13-14-15-17-20-18-16-19-21(23(25)26)22(20)24(27)28;;/h16,18-19H,2-15,17H2,1H3,(H,25,26)(H,27,28);;. The van der Waals surface area contributed by atoms with Gasteiger partial charge in [-0.2, -0.15) is 0 Å². The zero-order chi connectivity index (χ0) is 20.6. The van der Waals surface area contributed by atoms with Gasteiger partial charge in [0.25, 0.3) is 0 Å². The first-order valence-corrected chi connectivity index (χ1v) is 11.2. The van der Waals surface area contributed by atoms with Gasteiger partial charge < -0.3 is 10.2 Å². The van der Waals surface area contributed by atoms with Crippen LogP contribution in [-0.2, 0) is 6.42 Å². The molecule has 0 atom stereocenters. The fraction of sp³-hybridized carbons (Fsp3) is 0.667. The van der Waals surface area contributed by atoms with E-state index in [2.05, 4.69) is 6.92 Å². The Labute approximate surface area is 198 Å². The van der Waals surface area contributed by atoms with Crippen LogP contribution in [0.15, 0.2) is 18.2 Å². The number of aryl methyl sites for hydroxylation is 1. The third-order valence-electron chi connectivity index (χ3n) is 5.39. The number of rotatable bonds is 17. The van der Waals surface area contributed by atoms with Crippen molar-refractivity contribution in [2.24, 2.45) is 0 Å². The number of unbranched alkanes of at least 4 members (excludes halogenated alkanes) is 13. The van der Waals surface area contributed by atoms with Gasteiger partial charge in [-0.15, -0.1) is 0 Å². The second-order valence-electron chi connectivity index (χ2n) is 7.80. The van der Waals surface area contributed by atoms with Crippen molar-refractivity contribution in [3.05, 3.63) is 34.9 Å². The maximum absolute atomic E-state index is 11.4. The summed E-state index contributed by atoms with van der Waals surface area (Å²) in [6.07, 6.45) is 18.6. The molecular formula is C24H39NaO4. The van der Waals surface area contributed by atoms with Gasteiger partial charge in [0, 0.05) is 0 Å². The molecule has 1 rings (SSSR count). The van der Waals surface area contributed by atoms with E-state index in [1.807, 2.05) is 0 Å². The van der Waals surface area contributed by atoms with Gasteiger partial charge in [-0.3, -0.25) is 0 Å². The van der Waals surface area contributed by atoms with E-state index in [1.54, 1.807) is 12.1 Å². The first-order valence-electron chi connectivity index (χ1n) is 11.2. The average Bonchev–Trinajstić information content (AvgIpc) is 2.67. The van der Waals surface area contributed by atoms with E-state index in [4.69, 9.17) is 0 Å². The molecule has 0 aromatic heterocycles. The Bertz CT molecular complexity index is 586. The summed E-state index contributed by atoms with van der Waals surface area (Å²) in [4.78, 5) is 22.6. The quantitative estimate of drug-likeness (QED) is 0.227. The van der Waals surface area contributed by atoms with Crippen molar-refractivity contribution in [3.8, 4) is 0 Å². The number of carboxylic acid groups (broad SMARTS) is 2. The summed E-state index contributed by atoms with van der Waals surface area (Å²) in [5.41, 5.74) is 0.464. The molecule has 0 unspecified atom stereocenters. The van der Waals surface area contributed by atoms with E-state index >= 15 is 0 Å². The van der Waals surface area contributed by atoms with Crippen LogP contribution in [0.3, 0.4) is 0 Å². The molecule has 2 N–H and O–H groups in total. The van der Waals surface area contributed by atoms with Gasteiger partial charge in [0.1, 0.15) is 0 Å².